The van der Waals surface area contributed by atoms with Crippen LogP contribution in [0, 0.1) is 6.92 Å². The molecule has 112 valence electrons. The van der Waals surface area contributed by atoms with Crippen molar-refractivity contribution in [2.24, 2.45) is 0 Å². The van der Waals surface area contributed by atoms with Crippen LogP contribution in [0.1, 0.15) is 12.0 Å². The summed E-state index contributed by atoms with van der Waals surface area (Å²) in [5.41, 5.74) is 2.14. The number of methoxy groups -OCH3 is 1. The molecular formula is C15H19BrN4O. The van der Waals surface area contributed by atoms with E-state index in [2.05, 4.69) is 49.5 Å². The molecule has 0 atom stereocenters. The Morgan fingerprint density at radius 2 is 2.14 bits per heavy atom. The molecule has 5 nitrogen and oxygen atoms in total. The van der Waals surface area contributed by atoms with Crippen molar-refractivity contribution in [3.63, 3.8) is 0 Å². The van der Waals surface area contributed by atoms with Crippen molar-refractivity contribution >= 4 is 33.4 Å². The molecule has 0 aliphatic rings. The van der Waals surface area contributed by atoms with Crippen LogP contribution in [0.2, 0.25) is 0 Å². The van der Waals surface area contributed by atoms with Crippen LogP contribution >= 0.6 is 15.9 Å². The minimum absolute atomic E-state index is 0.566. The fourth-order valence-electron chi connectivity index (χ4n) is 1.79. The Morgan fingerprint density at radius 1 is 1.29 bits per heavy atom. The second kappa shape index (κ2) is 7.95. The molecule has 0 fully saturated rings. The fraction of sp³-hybridized carbons (Fsp3) is 0.333. The van der Waals surface area contributed by atoms with Crippen LogP contribution in [0.4, 0.5) is 17.5 Å². The van der Waals surface area contributed by atoms with Crippen LogP contribution in [-0.4, -0.2) is 30.2 Å². The molecule has 0 saturated heterocycles. The third-order valence-corrected chi connectivity index (χ3v) is 3.51. The summed E-state index contributed by atoms with van der Waals surface area (Å²) in [4.78, 5) is 8.67. The smallest absolute Gasteiger partial charge is 0.229 e. The Bertz CT molecular complexity index is 592. The predicted octanol–water partition coefficient (Wildman–Crippen LogP) is 3.74. The molecule has 21 heavy (non-hydrogen) atoms. The van der Waals surface area contributed by atoms with Gasteiger partial charge in [0.2, 0.25) is 5.95 Å². The van der Waals surface area contributed by atoms with E-state index in [0.717, 1.165) is 35.6 Å². The molecule has 0 spiro atoms. The van der Waals surface area contributed by atoms with Crippen molar-refractivity contribution in [3.8, 4) is 0 Å². The molecular weight excluding hydrogens is 332 g/mol. The summed E-state index contributed by atoms with van der Waals surface area (Å²) in [6.45, 7) is 3.60. The maximum atomic E-state index is 5.01. The van der Waals surface area contributed by atoms with Crippen LogP contribution in [0.3, 0.4) is 0 Å². The molecule has 0 amide bonds. The molecule has 1 aromatic heterocycles. The fourth-order valence-corrected chi connectivity index (χ4v) is 2.38. The van der Waals surface area contributed by atoms with Gasteiger partial charge in [-0.1, -0.05) is 6.07 Å². The molecule has 1 heterocycles. The zero-order valence-electron chi connectivity index (χ0n) is 12.2. The van der Waals surface area contributed by atoms with Gasteiger partial charge in [0, 0.05) is 30.9 Å². The second-order valence-corrected chi connectivity index (χ2v) is 5.50. The lowest BCUT2D eigenvalue weighted by molar-refractivity contribution is 0.198. The van der Waals surface area contributed by atoms with Gasteiger partial charge in [-0.15, -0.1) is 0 Å². The first kappa shape index (κ1) is 15.7. The number of aromatic nitrogens is 2. The van der Waals surface area contributed by atoms with Gasteiger partial charge in [0.25, 0.3) is 0 Å². The van der Waals surface area contributed by atoms with Gasteiger partial charge < -0.3 is 15.4 Å². The van der Waals surface area contributed by atoms with Crippen molar-refractivity contribution in [2.45, 2.75) is 13.3 Å². The lowest BCUT2D eigenvalue weighted by Crippen LogP contribution is -2.07. The monoisotopic (exact) mass is 350 g/mol. The normalized spacial score (nSPS) is 10.4. The molecule has 0 bridgehead atoms. The number of nitrogens with zero attached hydrogens (tertiary/aromatic N) is 2. The standard InChI is InChI=1S/C15H19BrN4O/c1-11-4-5-13(12(16)10-11)19-15-18-8-6-14(20-15)17-7-3-9-21-2/h4-6,8,10H,3,7,9H2,1-2H3,(H2,17,18,19,20). The van der Waals surface area contributed by atoms with Crippen LogP contribution in [0.25, 0.3) is 0 Å². The number of aryl methyl sites for hydroxylation is 1. The Hall–Kier alpha value is -1.66. The third-order valence-electron chi connectivity index (χ3n) is 2.86. The van der Waals surface area contributed by atoms with Gasteiger partial charge in [-0.25, -0.2) is 4.98 Å². The molecule has 1 aromatic carbocycles. The summed E-state index contributed by atoms with van der Waals surface area (Å²) >= 11 is 3.53. The first-order chi connectivity index (χ1) is 10.2. The van der Waals surface area contributed by atoms with Crippen LogP contribution < -0.4 is 10.6 Å². The van der Waals surface area contributed by atoms with Crippen molar-refractivity contribution < 1.29 is 4.74 Å². The van der Waals surface area contributed by atoms with E-state index in [-0.39, 0.29) is 0 Å². The maximum absolute atomic E-state index is 5.01. The largest absolute Gasteiger partial charge is 0.385 e. The molecule has 0 aliphatic carbocycles. The topological polar surface area (TPSA) is 59.1 Å². The highest BCUT2D eigenvalue weighted by atomic mass is 79.9. The maximum Gasteiger partial charge on any atom is 0.229 e. The Labute approximate surface area is 133 Å². The van der Waals surface area contributed by atoms with E-state index in [4.69, 9.17) is 4.74 Å². The first-order valence-electron chi connectivity index (χ1n) is 6.78. The van der Waals surface area contributed by atoms with Gasteiger partial charge in [-0.3, -0.25) is 0 Å². The molecule has 0 aliphatic heterocycles. The predicted molar refractivity (Wildman–Crippen MR) is 89.2 cm³/mol. The van der Waals surface area contributed by atoms with E-state index in [9.17, 15) is 0 Å². The third kappa shape index (κ3) is 4.99. The average molecular weight is 351 g/mol. The molecule has 0 saturated carbocycles. The summed E-state index contributed by atoms with van der Waals surface area (Å²) in [7, 11) is 1.70. The van der Waals surface area contributed by atoms with E-state index in [0.29, 0.717) is 5.95 Å². The highest BCUT2D eigenvalue weighted by Gasteiger charge is 2.03. The number of anilines is 3. The molecule has 0 radical (unpaired) electrons. The van der Waals surface area contributed by atoms with Gasteiger partial charge in [0.15, 0.2) is 0 Å². The van der Waals surface area contributed by atoms with E-state index >= 15 is 0 Å². The first-order valence-corrected chi connectivity index (χ1v) is 7.57. The average Bonchev–Trinajstić information content (AvgIpc) is 2.47. The van der Waals surface area contributed by atoms with Crippen molar-refractivity contribution in [1.29, 1.82) is 0 Å². The van der Waals surface area contributed by atoms with Gasteiger partial charge in [-0.2, -0.15) is 4.98 Å². The Balaban J connectivity index is 2.00. The van der Waals surface area contributed by atoms with Crippen molar-refractivity contribution in [1.82, 2.24) is 9.97 Å². The zero-order chi connectivity index (χ0) is 15.1. The molecule has 2 aromatic rings. The van der Waals surface area contributed by atoms with Gasteiger partial charge in [0.05, 0.1) is 5.69 Å². The number of halogens is 1. The summed E-state index contributed by atoms with van der Waals surface area (Å²) in [6, 6.07) is 7.94. The van der Waals surface area contributed by atoms with Gasteiger partial charge >= 0.3 is 0 Å². The number of ether oxygens (including phenoxy) is 1. The quantitative estimate of drug-likeness (QED) is 0.745. The van der Waals surface area contributed by atoms with E-state index in [1.807, 2.05) is 18.2 Å². The summed E-state index contributed by atoms with van der Waals surface area (Å²) in [5.74, 6) is 1.36. The van der Waals surface area contributed by atoms with E-state index in [1.165, 1.54) is 5.56 Å². The lowest BCUT2D eigenvalue weighted by Gasteiger charge is -2.10. The van der Waals surface area contributed by atoms with Crippen molar-refractivity contribution in [2.75, 3.05) is 30.9 Å². The zero-order valence-corrected chi connectivity index (χ0v) is 13.8. The van der Waals surface area contributed by atoms with Gasteiger partial charge in [-0.05, 0) is 53.0 Å². The molecule has 2 N–H and O–H groups in total. The molecule has 0 unspecified atom stereocenters. The lowest BCUT2D eigenvalue weighted by atomic mass is 10.2. The summed E-state index contributed by atoms with van der Waals surface area (Å²) in [6.07, 6.45) is 2.67. The molecule has 6 heteroatoms. The minimum atomic E-state index is 0.566. The number of rotatable bonds is 7. The van der Waals surface area contributed by atoms with Crippen LogP contribution in [-0.2, 0) is 4.74 Å². The molecule has 2 rings (SSSR count). The van der Waals surface area contributed by atoms with Crippen LogP contribution in [0.5, 0.6) is 0 Å². The summed E-state index contributed by atoms with van der Waals surface area (Å²) in [5, 5.41) is 6.45. The highest BCUT2D eigenvalue weighted by molar-refractivity contribution is 9.10. The minimum Gasteiger partial charge on any atom is -0.385 e. The van der Waals surface area contributed by atoms with E-state index in [1.54, 1.807) is 13.3 Å². The Morgan fingerprint density at radius 3 is 2.90 bits per heavy atom. The van der Waals surface area contributed by atoms with E-state index < -0.39 is 0 Å². The van der Waals surface area contributed by atoms with Crippen molar-refractivity contribution in [3.05, 3.63) is 40.5 Å². The Kier molecular flexibility index (Phi) is 5.95. The number of nitrogens with one attached hydrogen (secondary N) is 2. The number of hydrogen-bond donors (Lipinski definition) is 2. The number of benzene rings is 1. The second-order valence-electron chi connectivity index (χ2n) is 4.65. The number of hydrogen-bond acceptors (Lipinski definition) is 5. The highest BCUT2D eigenvalue weighted by Crippen LogP contribution is 2.25. The summed E-state index contributed by atoms with van der Waals surface area (Å²) < 4.78 is 6.01. The SMILES string of the molecule is COCCCNc1ccnc(Nc2ccc(C)cc2Br)n1. The van der Waals surface area contributed by atoms with Crippen LogP contribution in [0.15, 0.2) is 34.9 Å². The van der Waals surface area contributed by atoms with Gasteiger partial charge in [0.1, 0.15) is 5.82 Å².